The fourth-order valence-corrected chi connectivity index (χ4v) is 3.74. The van der Waals surface area contributed by atoms with Crippen molar-refractivity contribution in [2.75, 3.05) is 25.5 Å². The van der Waals surface area contributed by atoms with Crippen LogP contribution in [0.1, 0.15) is 5.56 Å². The average Bonchev–Trinajstić information content (AvgIpc) is 2.46. The van der Waals surface area contributed by atoms with E-state index >= 15 is 0 Å². The van der Waals surface area contributed by atoms with E-state index in [4.69, 9.17) is 21.5 Å². The van der Waals surface area contributed by atoms with Gasteiger partial charge in [0.15, 0.2) is 0 Å². The normalized spacial score (nSPS) is 19.9. The summed E-state index contributed by atoms with van der Waals surface area (Å²) in [6, 6.07) is 4.67. The summed E-state index contributed by atoms with van der Waals surface area (Å²) in [6.07, 6.45) is 0. The molecule has 0 bridgehead atoms. The SMILES string of the molecule is N#Cc1ccc(S(=O)(=O)N2CCOCC2C(N)=O)c(N)c1. The molecule has 4 N–H and O–H groups in total. The predicted molar refractivity (Wildman–Crippen MR) is 73.3 cm³/mol. The van der Waals surface area contributed by atoms with Gasteiger partial charge in [0.1, 0.15) is 10.9 Å². The number of ether oxygens (including phenoxy) is 1. The van der Waals surface area contributed by atoms with Gasteiger partial charge in [0.2, 0.25) is 15.9 Å². The number of morpholine rings is 1. The Balaban J connectivity index is 2.46. The number of amides is 1. The van der Waals surface area contributed by atoms with Gasteiger partial charge in [0.25, 0.3) is 0 Å². The first-order valence-electron chi connectivity index (χ1n) is 6.06. The zero-order valence-corrected chi connectivity index (χ0v) is 11.8. The standard InChI is InChI=1S/C12H14N4O4S/c13-6-8-1-2-11(9(14)5-8)21(18,19)16-3-4-20-7-10(16)12(15)17/h1-2,5,10H,3-4,7,14H2,(H2,15,17). The van der Waals surface area contributed by atoms with E-state index < -0.39 is 22.0 Å². The molecule has 0 spiro atoms. The number of carbonyl (C=O) groups excluding carboxylic acids is 1. The molecule has 1 atom stereocenters. The quantitative estimate of drug-likeness (QED) is 0.687. The molecule has 21 heavy (non-hydrogen) atoms. The smallest absolute Gasteiger partial charge is 0.246 e. The van der Waals surface area contributed by atoms with Crippen molar-refractivity contribution in [3.05, 3.63) is 23.8 Å². The molecule has 1 unspecified atom stereocenters. The monoisotopic (exact) mass is 310 g/mol. The molecule has 0 aromatic heterocycles. The van der Waals surface area contributed by atoms with Crippen LogP contribution >= 0.6 is 0 Å². The highest BCUT2D eigenvalue weighted by molar-refractivity contribution is 7.89. The van der Waals surface area contributed by atoms with Crippen LogP contribution in [0.15, 0.2) is 23.1 Å². The molecule has 0 saturated carbocycles. The molecule has 1 aliphatic rings. The first-order chi connectivity index (χ1) is 9.87. The van der Waals surface area contributed by atoms with E-state index in [-0.39, 0.29) is 35.9 Å². The lowest BCUT2D eigenvalue weighted by Crippen LogP contribution is -2.54. The summed E-state index contributed by atoms with van der Waals surface area (Å²) in [4.78, 5) is 11.2. The Labute approximate surface area is 121 Å². The first kappa shape index (κ1) is 15.2. The van der Waals surface area contributed by atoms with Gasteiger partial charge in [0.05, 0.1) is 30.5 Å². The molecule has 1 aromatic rings. The van der Waals surface area contributed by atoms with E-state index in [0.717, 1.165) is 4.31 Å². The highest BCUT2D eigenvalue weighted by Crippen LogP contribution is 2.26. The van der Waals surface area contributed by atoms with Gasteiger partial charge in [-0.15, -0.1) is 0 Å². The molecule has 9 heteroatoms. The second-order valence-corrected chi connectivity index (χ2v) is 6.33. The number of nitrogens with two attached hydrogens (primary N) is 2. The summed E-state index contributed by atoms with van der Waals surface area (Å²) in [7, 11) is -3.99. The van der Waals surface area contributed by atoms with Gasteiger partial charge in [0, 0.05) is 6.54 Å². The van der Waals surface area contributed by atoms with Gasteiger partial charge < -0.3 is 16.2 Å². The number of hydrogen-bond acceptors (Lipinski definition) is 6. The minimum Gasteiger partial charge on any atom is -0.398 e. The lowest BCUT2D eigenvalue weighted by atomic mass is 10.2. The zero-order chi connectivity index (χ0) is 15.6. The third-order valence-corrected chi connectivity index (χ3v) is 5.12. The van der Waals surface area contributed by atoms with Crippen molar-refractivity contribution in [3.63, 3.8) is 0 Å². The predicted octanol–water partition coefficient (Wildman–Crippen LogP) is -0.985. The second-order valence-electron chi connectivity index (χ2n) is 4.47. The third-order valence-electron chi connectivity index (χ3n) is 3.13. The summed E-state index contributed by atoms with van der Waals surface area (Å²) >= 11 is 0. The number of nitrogens with zero attached hydrogens (tertiary/aromatic N) is 2. The largest absolute Gasteiger partial charge is 0.398 e. The van der Waals surface area contributed by atoms with Crippen LogP contribution in [0.2, 0.25) is 0 Å². The lowest BCUT2D eigenvalue weighted by molar-refractivity contribution is -0.125. The Kier molecular flexibility index (Phi) is 4.13. The number of nitrogen functional groups attached to an aromatic ring is 1. The van der Waals surface area contributed by atoms with E-state index in [9.17, 15) is 13.2 Å². The van der Waals surface area contributed by atoms with Gasteiger partial charge in [-0.2, -0.15) is 9.57 Å². The van der Waals surface area contributed by atoms with Crippen LogP contribution in [0.3, 0.4) is 0 Å². The maximum atomic E-state index is 12.6. The highest BCUT2D eigenvalue weighted by atomic mass is 32.2. The molecular weight excluding hydrogens is 296 g/mol. The van der Waals surface area contributed by atoms with Gasteiger partial charge in [-0.05, 0) is 18.2 Å². The van der Waals surface area contributed by atoms with Crippen molar-refractivity contribution in [2.45, 2.75) is 10.9 Å². The second kappa shape index (κ2) is 5.69. The molecule has 1 fully saturated rings. The minimum atomic E-state index is -3.99. The molecule has 1 aromatic carbocycles. The molecule has 0 aliphatic carbocycles. The van der Waals surface area contributed by atoms with Crippen LogP contribution in [-0.4, -0.2) is 44.4 Å². The average molecular weight is 310 g/mol. The Hall–Kier alpha value is -2.15. The van der Waals surface area contributed by atoms with Gasteiger partial charge in [-0.3, -0.25) is 4.79 Å². The molecule has 1 aliphatic heterocycles. The van der Waals surface area contributed by atoms with E-state index in [1.807, 2.05) is 6.07 Å². The molecule has 112 valence electrons. The fourth-order valence-electron chi connectivity index (χ4n) is 2.08. The van der Waals surface area contributed by atoms with Crippen LogP contribution in [-0.2, 0) is 19.6 Å². The van der Waals surface area contributed by atoms with Crippen molar-refractivity contribution in [2.24, 2.45) is 5.73 Å². The minimum absolute atomic E-state index is 0.00931. The number of primary amides is 1. The van der Waals surface area contributed by atoms with Crippen LogP contribution < -0.4 is 11.5 Å². The number of benzene rings is 1. The number of nitriles is 1. The zero-order valence-electron chi connectivity index (χ0n) is 11.0. The maximum Gasteiger partial charge on any atom is 0.246 e. The van der Waals surface area contributed by atoms with E-state index in [2.05, 4.69) is 0 Å². The number of sulfonamides is 1. The van der Waals surface area contributed by atoms with Crippen LogP contribution in [0, 0.1) is 11.3 Å². The Morgan fingerprint density at radius 2 is 2.19 bits per heavy atom. The first-order valence-corrected chi connectivity index (χ1v) is 7.50. The van der Waals surface area contributed by atoms with Crippen molar-refractivity contribution in [1.82, 2.24) is 4.31 Å². The Morgan fingerprint density at radius 3 is 2.76 bits per heavy atom. The number of anilines is 1. The van der Waals surface area contributed by atoms with Crippen LogP contribution in [0.25, 0.3) is 0 Å². The molecule has 2 rings (SSSR count). The maximum absolute atomic E-state index is 12.6. The van der Waals surface area contributed by atoms with Gasteiger partial charge in [-0.1, -0.05) is 0 Å². The summed E-state index contributed by atoms with van der Waals surface area (Å²) in [5.74, 6) is -0.787. The topological polar surface area (TPSA) is 140 Å². The summed E-state index contributed by atoms with van der Waals surface area (Å²) in [5, 5.41) is 8.78. The lowest BCUT2D eigenvalue weighted by Gasteiger charge is -2.32. The number of hydrogen-bond donors (Lipinski definition) is 2. The van der Waals surface area contributed by atoms with E-state index in [1.165, 1.54) is 18.2 Å². The molecule has 1 saturated heterocycles. The fraction of sp³-hybridized carbons (Fsp3) is 0.333. The van der Waals surface area contributed by atoms with Crippen LogP contribution in [0.4, 0.5) is 5.69 Å². The van der Waals surface area contributed by atoms with Crippen LogP contribution in [0.5, 0.6) is 0 Å². The Bertz CT molecular complexity index is 710. The molecule has 8 nitrogen and oxygen atoms in total. The molecular formula is C12H14N4O4S. The summed E-state index contributed by atoms with van der Waals surface area (Å²) < 4.78 is 31.3. The molecule has 1 amide bonds. The van der Waals surface area contributed by atoms with Crippen molar-refractivity contribution >= 4 is 21.6 Å². The summed E-state index contributed by atoms with van der Waals surface area (Å²) in [5.41, 5.74) is 11.1. The summed E-state index contributed by atoms with van der Waals surface area (Å²) in [6.45, 7) is 0.0827. The number of carbonyl (C=O) groups is 1. The molecule has 1 heterocycles. The van der Waals surface area contributed by atoms with E-state index in [0.29, 0.717) is 0 Å². The molecule has 0 radical (unpaired) electrons. The van der Waals surface area contributed by atoms with E-state index in [1.54, 1.807) is 0 Å². The highest BCUT2D eigenvalue weighted by Gasteiger charge is 2.38. The van der Waals surface area contributed by atoms with Crippen molar-refractivity contribution in [3.8, 4) is 6.07 Å². The number of rotatable bonds is 3. The van der Waals surface area contributed by atoms with Gasteiger partial charge >= 0.3 is 0 Å². The third kappa shape index (κ3) is 2.82. The Morgan fingerprint density at radius 1 is 1.48 bits per heavy atom. The van der Waals surface area contributed by atoms with Gasteiger partial charge in [-0.25, -0.2) is 8.42 Å². The van der Waals surface area contributed by atoms with Crippen molar-refractivity contribution < 1.29 is 17.9 Å². The van der Waals surface area contributed by atoms with Crippen molar-refractivity contribution in [1.29, 1.82) is 5.26 Å².